The van der Waals surface area contributed by atoms with E-state index in [0.29, 0.717) is 17.8 Å². The molecule has 2 aromatic rings. The molecule has 0 aromatic heterocycles. The van der Waals surface area contributed by atoms with Crippen molar-refractivity contribution in [3.8, 4) is 0 Å². The van der Waals surface area contributed by atoms with Crippen LogP contribution in [0.1, 0.15) is 24.5 Å². The second-order valence-electron chi connectivity index (χ2n) is 5.43. The highest BCUT2D eigenvalue weighted by Gasteiger charge is 2.30. The molecule has 26 heavy (non-hydrogen) atoms. The van der Waals surface area contributed by atoms with Crippen LogP contribution in [0, 0.1) is 0 Å². The van der Waals surface area contributed by atoms with Gasteiger partial charge in [0.15, 0.2) is 0 Å². The Bertz CT molecular complexity index is 830. The molecule has 2 amide bonds. The van der Waals surface area contributed by atoms with E-state index in [0.717, 1.165) is 18.2 Å². The quantitative estimate of drug-likeness (QED) is 0.757. The molecule has 2 rings (SSSR count). The molecule has 0 aliphatic heterocycles. The first-order valence-corrected chi connectivity index (χ1v) is 7.84. The lowest BCUT2D eigenvalue weighted by Gasteiger charge is -2.07. The van der Waals surface area contributed by atoms with E-state index in [2.05, 4.69) is 10.6 Å². The van der Waals surface area contributed by atoms with Crippen molar-refractivity contribution >= 4 is 29.3 Å². The Kier molecular flexibility index (Phi) is 6.16. The largest absolute Gasteiger partial charge is 0.416 e. The highest BCUT2D eigenvalue weighted by atomic mass is 19.4. The number of halogens is 3. The summed E-state index contributed by atoms with van der Waals surface area (Å²) in [4.78, 5) is 23.3. The summed E-state index contributed by atoms with van der Waals surface area (Å²) in [7, 11) is 0. The van der Waals surface area contributed by atoms with Gasteiger partial charge in [-0.2, -0.15) is 13.2 Å². The predicted octanol–water partition coefficient (Wildman–Crippen LogP) is 4.71. The molecule has 0 atom stereocenters. The average Bonchev–Trinajstić information content (AvgIpc) is 2.59. The molecule has 7 heteroatoms. The normalized spacial score (nSPS) is 11.4. The first kappa shape index (κ1) is 19.2. The topological polar surface area (TPSA) is 58.2 Å². The van der Waals surface area contributed by atoms with Gasteiger partial charge in [-0.05, 0) is 42.0 Å². The van der Waals surface area contributed by atoms with E-state index in [-0.39, 0.29) is 11.5 Å². The number of alkyl halides is 3. The maximum atomic E-state index is 12.7. The van der Waals surface area contributed by atoms with E-state index < -0.39 is 17.6 Å². The summed E-state index contributed by atoms with van der Waals surface area (Å²) in [6.45, 7) is 1.72. The minimum atomic E-state index is -4.44. The van der Waals surface area contributed by atoms with Gasteiger partial charge >= 0.3 is 6.18 Å². The highest BCUT2D eigenvalue weighted by molar-refractivity contribution is 6.02. The summed E-state index contributed by atoms with van der Waals surface area (Å²) in [6, 6.07) is 11.2. The van der Waals surface area contributed by atoms with Crippen molar-refractivity contribution in [2.24, 2.45) is 0 Å². The fourth-order valence-electron chi connectivity index (χ4n) is 2.10. The third-order valence-electron chi connectivity index (χ3n) is 3.38. The lowest BCUT2D eigenvalue weighted by atomic mass is 10.1. The van der Waals surface area contributed by atoms with E-state index in [1.165, 1.54) is 18.2 Å². The molecule has 0 spiro atoms. The Balaban J connectivity index is 2.04. The zero-order valence-corrected chi connectivity index (χ0v) is 13.9. The molecule has 4 nitrogen and oxygen atoms in total. The van der Waals surface area contributed by atoms with Gasteiger partial charge in [0, 0.05) is 23.9 Å². The number of benzene rings is 2. The second-order valence-corrected chi connectivity index (χ2v) is 5.43. The smallest absolute Gasteiger partial charge is 0.326 e. The summed E-state index contributed by atoms with van der Waals surface area (Å²) >= 11 is 0. The van der Waals surface area contributed by atoms with Gasteiger partial charge in [0.1, 0.15) is 0 Å². The summed E-state index contributed by atoms with van der Waals surface area (Å²) in [5, 5.41) is 5.26. The molecule has 0 saturated heterocycles. The molecular formula is C19H17F3N2O2. The minimum absolute atomic E-state index is 0.155. The number of carbonyl (C=O) groups excluding carboxylic acids is 2. The van der Waals surface area contributed by atoms with Crippen LogP contribution in [0.3, 0.4) is 0 Å². The molecule has 136 valence electrons. The van der Waals surface area contributed by atoms with Gasteiger partial charge in [0.2, 0.25) is 11.8 Å². The van der Waals surface area contributed by atoms with Gasteiger partial charge in [-0.15, -0.1) is 0 Å². The van der Waals surface area contributed by atoms with Crippen LogP contribution in [0.5, 0.6) is 0 Å². The van der Waals surface area contributed by atoms with Crippen LogP contribution >= 0.6 is 0 Å². The van der Waals surface area contributed by atoms with Gasteiger partial charge in [-0.3, -0.25) is 9.59 Å². The van der Waals surface area contributed by atoms with E-state index in [1.807, 2.05) is 0 Å². The van der Waals surface area contributed by atoms with Crippen molar-refractivity contribution in [2.45, 2.75) is 19.5 Å². The molecule has 0 saturated carbocycles. The zero-order valence-electron chi connectivity index (χ0n) is 13.9. The van der Waals surface area contributed by atoms with Crippen LogP contribution in [0.15, 0.2) is 54.6 Å². The maximum Gasteiger partial charge on any atom is 0.416 e. The van der Waals surface area contributed by atoms with Crippen molar-refractivity contribution < 1.29 is 22.8 Å². The van der Waals surface area contributed by atoms with Gasteiger partial charge in [-0.25, -0.2) is 0 Å². The third-order valence-corrected chi connectivity index (χ3v) is 3.38. The number of amides is 2. The second kappa shape index (κ2) is 8.33. The molecule has 0 radical (unpaired) electrons. The van der Waals surface area contributed by atoms with Crippen molar-refractivity contribution in [1.82, 2.24) is 0 Å². The van der Waals surface area contributed by atoms with Crippen molar-refractivity contribution in [3.63, 3.8) is 0 Å². The van der Waals surface area contributed by atoms with E-state index in [4.69, 9.17) is 0 Å². The summed E-state index contributed by atoms with van der Waals surface area (Å²) in [6.07, 6.45) is -1.66. The molecule has 2 aromatic carbocycles. The van der Waals surface area contributed by atoms with Crippen LogP contribution in [0.2, 0.25) is 0 Å². The monoisotopic (exact) mass is 362 g/mol. The van der Waals surface area contributed by atoms with Crippen molar-refractivity contribution in [2.75, 3.05) is 10.6 Å². The van der Waals surface area contributed by atoms with Gasteiger partial charge in [0.25, 0.3) is 0 Å². The number of hydrogen-bond donors (Lipinski definition) is 2. The van der Waals surface area contributed by atoms with Gasteiger partial charge in [0.05, 0.1) is 5.56 Å². The number of rotatable bonds is 5. The summed E-state index contributed by atoms with van der Waals surface area (Å²) in [5.41, 5.74) is 0.479. The molecule has 0 bridgehead atoms. The van der Waals surface area contributed by atoms with Crippen molar-refractivity contribution in [3.05, 3.63) is 65.7 Å². The molecule has 0 aliphatic rings. The minimum Gasteiger partial charge on any atom is -0.326 e. The van der Waals surface area contributed by atoms with Gasteiger partial charge in [-0.1, -0.05) is 25.1 Å². The molecule has 0 fully saturated rings. The van der Waals surface area contributed by atoms with Crippen molar-refractivity contribution in [1.29, 1.82) is 0 Å². The Morgan fingerprint density at radius 2 is 1.65 bits per heavy atom. The zero-order chi connectivity index (χ0) is 19.2. The van der Waals surface area contributed by atoms with Crippen LogP contribution in [0.25, 0.3) is 6.08 Å². The van der Waals surface area contributed by atoms with E-state index >= 15 is 0 Å². The number of carbonyl (C=O) groups is 2. The number of anilines is 2. The van der Waals surface area contributed by atoms with Crippen LogP contribution in [-0.4, -0.2) is 11.8 Å². The highest BCUT2D eigenvalue weighted by Crippen LogP contribution is 2.29. The maximum absolute atomic E-state index is 12.7. The fraction of sp³-hybridized carbons (Fsp3) is 0.158. The lowest BCUT2D eigenvalue weighted by Crippen LogP contribution is -2.11. The fourth-order valence-corrected chi connectivity index (χ4v) is 2.10. The predicted molar refractivity (Wildman–Crippen MR) is 94.5 cm³/mol. The molecule has 0 unspecified atom stereocenters. The first-order chi connectivity index (χ1) is 12.3. The summed E-state index contributed by atoms with van der Waals surface area (Å²) in [5.74, 6) is -0.653. The summed E-state index contributed by atoms with van der Waals surface area (Å²) < 4.78 is 38.0. The van der Waals surface area contributed by atoms with Crippen LogP contribution < -0.4 is 10.6 Å². The van der Waals surface area contributed by atoms with Crippen LogP contribution in [-0.2, 0) is 15.8 Å². The lowest BCUT2D eigenvalue weighted by molar-refractivity contribution is -0.137. The third kappa shape index (κ3) is 5.77. The standard InChI is InChI=1S/C19H17F3N2O2/c1-2-17(25)23-15-7-4-8-16(12-15)24-18(26)10-9-13-5-3-6-14(11-13)19(20,21)22/h3-12H,2H2,1H3,(H,23,25)(H,24,26)/b10-9+. The first-order valence-electron chi connectivity index (χ1n) is 7.84. The SMILES string of the molecule is CCC(=O)Nc1cccc(NC(=O)/C=C/c2cccc(C(F)(F)F)c2)c1. The number of hydrogen-bond acceptors (Lipinski definition) is 2. The molecule has 0 heterocycles. The average molecular weight is 362 g/mol. The van der Waals surface area contributed by atoms with E-state index in [1.54, 1.807) is 31.2 Å². The van der Waals surface area contributed by atoms with Gasteiger partial charge < -0.3 is 10.6 Å². The van der Waals surface area contributed by atoms with E-state index in [9.17, 15) is 22.8 Å². The Hall–Kier alpha value is -3.09. The molecular weight excluding hydrogens is 345 g/mol. The number of nitrogens with one attached hydrogen (secondary N) is 2. The Morgan fingerprint density at radius 1 is 1.00 bits per heavy atom. The van der Waals surface area contributed by atoms with Crippen LogP contribution in [0.4, 0.5) is 24.5 Å². The molecule has 2 N–H and O–H groups in total. The Labute approximate surface area is 148 Å². The Morgan fingerprint density at radius 3 is 2.31 bits per heavy atom. The molecule has 0 aliphatic carbocycles.